The highest BCUT2D eigenvalue weighted by molar-refractivity contribution is 7.89. The van der Waals surface area contributed by atoms with Gasteiger partial charge in [-0.3, -0.25) is 9.69 Å². The third kappa shape index (κ3) is 8.24. The average molecular weight is 544 g/mol. The van der Waals surface area contributed by atoms with Crippen molar-refractivity contribution in [2.75, 3.05) is 39.3 Å². The van der Waals surface area contributed by atoms with E-state index in [2.05, 4.69) is 6.92 Å². The van der Waals surface area contributed by atoms with Crippen molar-refractivity contribution in [2.24, 2.45) is 0 Å². The van der Waals surface area contributed by atoms with Crippen molar-refractivity contribution in [3.63, 3.8) is 0 Å². The van der Waals surface area contributed by atoms with Crippen LogP contribution < -0.4 is 0 Å². The molecule has 1 saturated heterocycles. The second-order valence-electron chi connectivity index (χ2n) is 9.17. The van der Waals surface area contributed by atoms with Crippen molar-refractivity contribution in [1.82, 2.24) is 14.1 Å². The maximum Gasteiger partial charge on any atom is 0.416 e. The summed E-state index contributed by atoms with van der Waals surface area (Å²) in [6.07, 6.45) is -1.45. The Morgan fingerprint density at radius 1 is 1.00 bits per heavy atom. The zero-order valence-corrected chi connectivity index (χ0v) is 21.7. The number of carbonyl (C=O) groups excluding carboxylic acids is 1. The number of unbranched alkanes of at least 4 members (excludes halogenated alkanes) is 2. The van der Waals surface area contributed by atoms with Crippen LogP contribution in [0.3, 0.4) is 0 Å². The molecule has 11 heteroatoms. The summed E-state index contributed by atoms with van der Waals surface area (Å²) in [6, 6.07) is 9.81. The van der Waals surface area contributed by atoms with E-state index in [1.54, 1.807) is 17.0 Å². The zero-order chi connectivity index (χ0) is 27.1. The maximum atomic E-state index is 13.3. The molecule has 0 spiro atoms. The van der Waals surface area contributed by atoms with Gasteiger partial charge in [0.2, 0.25) is 15.9 Å². The number of alkyl halides is 3. The molecule has 2 aromatic rings. The standard InChI is InChI=1S/C26H33F4N3O3S/c1-2-3-4-8-25(34)32(20-21-9-11-23(27)12-10-21)16-13-31-14-17-33(18-15-31)37(35,36)24-7-5-6-22(19-24)26(28,29)30/h5-7,9-12,19H,2-4,8,13-18,20H2,1H3. The Labute approximate surface area is 215 Å². The first-order chi connectivity index (χ1) is 17.5. The summed E-state index contributed by atoms with van der Waals surface area (Å²) in [5, 5.41) is 0. The molecule has 37 heavy (non-hydrogen) atoms. The number of hydrogen-bond donors (Lipinski definition) is 0. The molecule has 0 bridgehead atoms. The Balaban J connectivity index is 1.59. The smallest absolute Gasteiger partial charge is 0.337 e. The quantitative estimate of drug-likeness (QED) is 0.303. The molecule has 0 aliphatic carbocycles. The van der Waals surface area contributed by atoms with E-state index in [-0.39, 0.29) is 29.7 Å². The predicted molar refractivity (Wildman–Crippen MR) is 133 cm³/mol. The Morgan fingerprint density at radius 2 is 1.68 bits per heavy atom. The molecule has 0 aromatic heterocycles. The monoisotopic (exact) mass is 543 g/mol. The van der Waals surface area contributed by atoms with Gasteiger partial charge in [0.05, 0.1) is 10.5 Å². The molecule has 1 fully saturated rings. The van der Waals surface area contributed by atoms with E-state index in [4.69, 9.17) is 0 Å². The molecule has 0 atom stereocenters. The number of nitrogens with zero attached hydrogens (tertiary/aromatic N) is 3. The number of amides is 1. The van der Waals surface area contributed by atoms with Gasteiger partial charge in [0, 0.05) is 52.2 Å². The highest BCUT2D eigenvalue weighted by Gasteiger charge is 2.34. The zero-order valence-electron chi connectivity index (χ0n) is 20.9. The molecular formula is C26H33F4N3O3S. The van der Waals surface area contributed by atoms with E-state index in [1.807, 2.05) is 4.90 Å². The molecule has 1 aliphatic rings. The Hall–Kier alpha value is -2.50. The molecule has 0 radical (unpaired) electrons. The van der Waals surface area contributed by atoms with Crippen molar-refractivity contribution < 1.29 is 30.8 Å². The average Bonchev–Trinajstić information content (AvgIpc) is 2.87. The fourth-order valence-corrected chi connectivity index (χ4v) is 5.69. The van der Waals surface area contributed by atoms with Crippen LogP contribution in [-0.2, 0) is 27.5 Å². The minimum Gasteiger partial charge on any atom is -0.337 e. The summed E-state index contributed by atoms with van der Waals surface area (Å²) < 4.78 is 79.5. The summed E-state index contributed by atoms with van der Waals surface area (Å²) in [5.41, 5.74) is -0.181. The van der Waals surface area contributed by atoms with Crippen LogP contribution in [0.15, 0.2) is 53.4 Å². The lowest BCUT2D eigenvalue weighted by atomic mass is 10.1. The van der Waals surface area contributed by atoms with Crippen molar-refractivity contribution in [1.29, 1.82) is 0 Å². The van der Waals surface area contributed by atoms with Gasteiger partial charge in [0.25, 0.3) is 0 Å². The predicted octanol–water partition coefficient (Wildman–Crippen LogP) is 4.76. The molecule has 0 unspecified atom stereocenters. The second-order valence-corrected chi connectivity index (χ2v) is 11.1. The third-order valence-corrected chi connectivity index (χ3v) is 8.34. The molecule has 1 aliphatic heterocycles. The third-order valence-electron chi connectivity index (χ3n) is 6.45. The van der Waals surface area contributed by atoms with E-state index >= 15 is 0 Å². The van der Waals surface area contributed by atoms with Crippen LogP contribution in [-0.4, -0.2) is 67.7 Å². The number of hydrogen-bond acceptors (Lipinski definition) is 4. The Bertz CT molecular complexity index is 1130. The molecule has 1 amide bonds. The van der Waals surface area contributed by atoms with Gasteiger partial charge in [0.1, 0.15) is 5.82 Å². The van der Waals surface area contributed by atoms with E-state index in [9.17, 15) is 30.8 Å². The van der Waals surface area contributed by atoms with Gasteiger partial charge in [-0.2, -0.15) is 17.5 Å². The fraction of sp³-hybridized carbons (Fsp3) is 0.500. The summed E-state index contributed by atoms with van der Waals surface area (Å²) in [5.74, 6) is -0.328. The van der Waals surface area contributed by atoms with Gasteiger partial charge in [-0.15, -0.1) is 0 Å². The van der Waals surface area contributed by atoms with Gasteiger partial charge in [-0.25, -0.2) is 12.8 Å². The first-order valence-corrected chi connectivity index (χ1v) is 13.9. The Kier molecular flexibility index (Phi) is 10.1. The fourth-order valence-electron chi connectivity index (χ4n) is 4.22. The molecule has 0 N–H and O–H groups in total. The minimum absolute atomic E-state index is 0.0172. The number of rotatable bonds is 11. The summed E-state index contributed by atoms with van der Waals surface area (Å²) >= 11 is 0. The lowest BCUT2D eigenvalue weighted by molar-refractivity contribution is -0.137. The number of halogens is 4. The van der Waals surface area contributed by atoms with Gasteiger partial charge in [-0.1, -0.05) is 38.0 Å². The first-order valence-electron chi connectivity index (χ1n) is 12.4. The van der Waals surface area contributed by atoms with Crippen LogP contribution in [0.1, 0.15) is 43.7 Å². The van der Waals surface area contributed by atoms with Gasteiger partial charge in [0.15, 0.2) is 0 Å². The lowest BCUT2D eigenvalue weighted by Crippen LogP contribution is -2.50. The molecule has 3 rings (SSSR count). The topological polar surface area (TPSA) is 60.9 Å². The van der Waals surface area contributed by atoms with Gasteiger partial charge in [-0.05, 0) is 42.3 Å². The number of carbonyl (C=O) groups is 1. The van der Waals surface area contributed by atoms with E-state index in [1.165, 1.54) is 22.5 Å². The molecule has 204 valence electrons. The van der Waals surface area contributed by atoms with Gasteiger partial charge >= 0.3 is 6.18 Å². The van der Waals surface area contributed by atoms with Crippen LogP contribution in [0.2, 0.25) is 0 Å². The van der Waals surface area contributed by atoms with Crippen LogP contribution in [0.4, 0.5) is 17.6 Å². The number of benzene rings is 2. The van der Waals surface area contributed by atoms with Crippen LogP contribution in [0, 0.1) is 5.82 Å². The molecule has 2 aromatic carbocycles. The van der Waals surface area contributed by atoms with Crippen molar-refractivity contribution in [3.8, 4) is 0 Å². The minimum atomic E-state index is -4.63. The van der Waals surface area contributed by atoms with Crippen LogP contribution >= 0.6 is 0 Å². The molecule has 6 nitrogen and oxygen atoms in total. The summed E-state index contributed by atoms with van der Waals surface area (Å²) in [6.45, 7) is 4.45. The lowest BCUT2D eigenvalue weighted by Gasteiger charge is -2.35. The summed E-state index contributed by atoms with van der Waals surface area (Å²) in [4.78, 5) is 16.3. The molecular weight excluding hydrogens is 510 g/mol. The highest BCUT2D eigenvalue weighted by Crippen LogP contribution is 2.31. The maximum absolute atomic E-state index is 13.3. The van der Waals surface area contributed by atoms with Gasteiger partial charge < -0.3 is 4.90 Å². The SMILES string of the molecule is CCCCCC(=O)N(CCN1CCN(S(=O)(=O)c2cccc(C(F)(F)F)c2)CC1)Cc1ccc(F)cc1. The van der Waals surface area contributed by atoms with Crippen molar-refractivity contribution in [3.05, 3.63) is 65.5 Å². The van der Waals surface area contributed by atoms with E-state index < -0.39 is 21.8 Å². The van der Waals surface area contributed by atoms with E-state index in [0.29, 0.717) is 45.2 Å². The van der Waals surface area contributed by atoms with E-state index in [0.717, 1.165) is 37.0 Å². The normalized spacial score (nSPS) is 15.6. The molecule has 1 heterocycles. The highest BCUT2D eigenvalue weighted by atomic mass is 32.2. The van der Waals surface area contributed by atoms with Crippen molar-refractivity contribution >= 4 is 15.9 Å². The largest absolute Gasteiger partial charge is 0.416 e. The first kappa shape index (κ1) is 29.1. The second kappa shape index (κ2) is 12.8. The number of sulfonamides is 1. The Morgan fingerprint density at radius 3 is 2.30 bits per heavy atom. The molecule has 0 saturated carbocycles. The number of piperazine rings is 1. The van der Waals surface area contributed by atoms with Crippen molar-refractivity contribution in [2.45, 2.75) is 50.2 Å². The van der Waals surface area contributed by atoms with Crippen LogP contribution in [0.5, 0.6) is 0 Å². The summed E-state index contributed by atoms with van der Waals surface area (Å²) in [7, 11) is -4.06. The van der Waals surface area contributed by atoms with Crippen LogP contribution in [0.25, 0.3) is 0 Å².